The van der Waals surface area contributed by atoms with Crippen LogP contribution in [-0.4, -0.2) is 43.0 Å². The van der Waals surface area contributed by atoms with E-state index < -0.39 is 0 Å². The summed E-state index contributed by atoms with van der Waals surface area (Å²) in [4.78, 5) is 26.7. The van der Waals surface area contributed by atoms with Crippen LogP contribution in [-0.2, 0) is 22.4 Å². The molecule has 0 radical (unpaired) electrons. The average molecular weight is 415 g/mol. The molecule has 0 atom stereocenters. The smallest absolute Gasteiger partial charge is 0.226 e. The first-order chi connectivity index (χ1) is 14.0. The highest BCUT2D eigenvalue weighted by Gasteiger charge is 2.23. The van der Waals surface area contributed by atoms with E-state index in [2.05, 4.69) is 5.32 Å². The largest absolute Gasteiger partial charge is 0.497 e. The molecule has 1 aliphatic rings. The van der Waals surface area contributed by atoms with Gasteiger partial charge in [0, 0.05) is 30.6 Å². The Bertz CT molecular complexity index is 813. The summed E-state index contributed by atoms with van der Waals surface area (Å²) in [7, 11) is 1.63. The summed E-state index contributed by atoms with van der Waals surface area (Å²) in [5.41, 5.74) is 2.08. The van der Waals surface area contributed by atoms with Crippen LogP contribution in [0.3, 0.4) is 0 Å². The molecular weight excluding hydrogens is 388 g/mol. The molecule has 5 nitrogen and oxygen atoms in total. The zero-order chi connectivity index (χ0) is 20.6. The Morgan fingerprint density at radius 2 is 1.66 bits per heavy atom. The number of halogens is 1. The van der Waals surface area contributed by atoms with Crippen LogP contribution in [0.2, 0.25) is 5.02 Å². The lowest BCUT2D eigenvalue weighted by Gasteiger charge is -2.32. The van der Waals surface area contributed by atoms with Crippen LogP contribution in [0, 0.1) is 0 Å². The lowest BCUT2D eigenvalue weighted by Crippen LogP contribution is -2.47. The summed E-state index contributed by atoms with van der Waals surface area (Å²) in [5.74, 6) is 0.972. The second kappa shape index (κ2) is 10.3. The van der Waals surface area contributed by atoms with E-state index in [0.29, 0.717) is 37.4 Å². The van der Waals surface area contributed by atoms with Gasteiger partial charge in [-0.1, -0.05) is 35.9 Å². The highest BCUT2D eigenvalue weighted by atomic mass is 35.5. The number of hydrogen-bond acceptors (Lipinski definition) is 3. The molecule has 1 saturated heterocycles. The van der Waals surface area contributed by atoms with Gasteiger partial charge >= 0.3 is 0 Å². The molecule has 6 heteroatoms. The second-order valence-corrected chi connectivity index (χ2v) is 7.81. The minimum Gasteiger partial charge on any atom is -0.497 e. The van der Waals surface area contributed by atoms with E-state index >= 15 is 0 Å². The Hall–Kier alpha value is -2.53. The number of amides is 2. The number of methoxy groups -OCH3 is 1. The third-order valence-electron chi connectivity index (χ3n) is 5.28. The molecule has 2 aromatic carbocycles. The van der Waals surface area contributed by atoms with Gasteiger partial charge in [0.1, 0.15) is 5.75 Å². The molecule has 2 amide bonds. The van der Waals surface area contributed by atoms with Crippen molar-refractivity contribution in [3.05, 3.63) is 64.7 Å². The molecule has 0 unspecified atom stereocenters. The monoisotopic (exact) mass is 414 g/mol. The van der Waals surface area contributed by atoms with Crippen molar-refractivity contribution in [2.24, 2.45) is 0 Å². The number of hydrogen-bond donors (Lipinski definition) is 1. The fourth-order valence-electron chi connectivity index (χ4n) is 3.51. The van der Waals surface area contributed by atoms with Gasteiger partial charge in [-0.2, -0.15) is 0 Å². The average Bonchev–Trinajstić information content (AvgIpc) is 2.74. The summed E-state index contributed by atoms with van der Waals surface area (Å²) in [5, 5.41) is 3.81. The zero-order valence-electron chi connectivity index (χ0n) is 16.7. The molecular formula is C23H27ClN2O3. The Kier molecular flexibility index (Phi) is 7.53. The molecule has 1 fully saturated rings. The lowest BCUT2D eigenvalue weighted by molar-refractivity contribution is -0.131. The second-order valence-electron chi connectivity index (χ2n) is 7.37. The van der Waals surface area contributed by atoms with Crippen molar-refractivity contribution in [1.82, 2.24) is 10.2 Å². The summed E-state index contributed by atoms with van der Waals surface area (Å²) < 4.78 is 5.15. The number of carbonyl (C=O) groups is 2. The third-order valence-corrected chi connectivity index (χ3v) is 5.53. The van der Waals surface area contributed by atoms with Gasteiger partial charge in [-0.05, 0) is 54.7 Å². The van der Waals surface area contributed by atoms with E-state index in [1.165, 1.54) is 0 Å². The van der Waals surface area contributed by atoms with Gasteiger partial charge in [-0.25, -0.2) is 0 Å². The molecule has 0 spiro atoms. The van der Waals surface area contributed by atoms with Gasteiger partial charge in [0.25, 0.3) is 0 Å². The van der Waals surface area contributed by atoms with Crippen LogP contribution in [0.15, 0.2) is 48.5 Å². The third kappa shape index (κ3) is 6.50. The highest BCUT2D eigenvalue weighted by Crippen LogP contribution is 2.16. The number of aryl methyl sites for hydroxylation is 1. The molecule has 1 heterocycles. The van der Waals surface area contributed by atoms with E-state index in [-0.39, 0.29) is 17.9 Å². The van der Waals surface area contributed by atoms with E-state index in [9.17, 15) is 9.59 Å². The summed E-state index contributed by atoms with van der Waals surface area (Å²) in [6, 6.07) is 15.3. The van der Waals surface area contributed by atoms with Gasteiger partial charge in [-0.15, -0.1) is 0 Å². The predicted octanol–water partition coefficient (Wildman–Crippen LogP) is 3.63. The zero-order valence-corrected chi connectivity index (χ0v) is 17.5. The van der Waals surface area contributed by atoms with E-state index in [1.54, 1.807) is 7.11 Å². The molecule has 0 bridgehead atoms. The summed E-state index contributed by atoms with van der Waals surface area (Å²) >= 11 is 5.88. The Morgan fingerprint density at radius 1 is 1.03 bits per heavy atom. The normalized spacial score (nSPS) is 14.5. The van der Waals surface area contributed by atoms with Crippen molar-refractivity contribution in [2.75, 3.05) is 20.2 Å². The minimum atomic E-state index is 0.0583. The molecule has 154 valence electrons. The Balaban J connectivity index is 1.38. The highest BCUT2D eigenvalue weighted by molar-refractivity contribution is 6.30. The number of carbonyl (C=O) groups excluding carboxylic acids is 2. The van der Waals surface area contributed by atoms with Gasteiger partial charge in [-0.3, -0.25) is 9.59 Å². The van der Waals surface area contributed by atoms with Crippen molar-refractivity contribution >= 4 is 23.4 Å². The van der Waals surface area contributed by atoms with Crippen molar-refractivity contribution in [3.63, 3.8) is 0 Å². The number of likely N-dealkylation sites (tertiary alicyclic amines) is 1. The van der Waals surface area contributed by atoms with E-state index in [1.807, 2.05) is 53.4 Å². The standard InChI is InChI=1S/C23H27ClN2O3/c1-29-21-9-4-18(5-10-21)16-23(28)26-14-12-20(13-15-26)25-22(27)11-6-17-2-7-19(24)8-3-17/h2-5,7-10,20H,6,11-16H2,1H3,(H,25,27). The quantitative estimate of drug-likeness (QED) is 0.752. The molecule has 0 saturated carbocycles. The first-order valence-corrected chi connectivity index (χ1v) is 10.4. The van der Waals surface area contributed by atoms with Crippen molar-refractivity contribution < 1.29 is 14.3 Å². The maximum Gasteiger partial charge on any atom is 0.226 e. The van der Waals surface area contributed by atoms with E-state index in [0.717, 1.165) is 29.7 Å². The molecule has 3 rings (SSSR count). The number of benzene rings is 2. The summed E-state index contributed by atoms with van der Waals surface area (Å²) in [6.45, 7) is 1.36. The lowest BCUT2D eigenvalue weighted by atomic mass is 10.0. The van der Waals surface area contributed by atoms with Gasteiger partial charge in [0.2, 0.25) is 11.8 Å². The van der Waals surface area contributed by atoms with Crippen LogP contribution >= 0.6 is 11.6 Å². The van der Waals surface area contributed by atoms with Gasteiger partial charge in [0.05, 0.1) is 13.5 Å². The Labute approximate surface area is 177 Å². The predicted molar refractivity (Wildman–Crippen MR) is 114 cm³/mol. The topological polar surface area (TPSA) is 58.6 Å². The first-order valence-electron chi connectivity index (χ1n) is 9.98. The summed E-state index contributed by atoms with van der Waals surface area (Å²) in [6.07, 6.45) is 3.13. The molecule has 0 aliphatic carbocycles. The van der Waals surface area contributed by atoms with Crippen molar-refractivity contribution in [3.8, 4) is 5.75 Å². The number of nitrogens with zero attached hydrogens (tertiary/aromatic N) is 1. The van der Waals surface area contributed by atoms with Gasteiger partial charge in [0.15, 0.2) is 0 Å². The minimum absolute atomic E-state index is 0.0583. The van der Waals surface area contributed by atoms with Gasteiger partial charge < -0.3 is 15.0 Å². The van der Waals surface area contributed by atoms with Crippen LogP contribution < -0.4 is 10.1 Å². The number of rotatable bonds is 7. The van der Waals surface area contributed by atoms with Crippen molar-refractivity contribution in [1.29, 1.82) is 0 Å². The van der Waals surface area contributed by atoms with Crippen LogP contribution in [0.1, 0.15) is 30.4 Å². The SMILES string of the molecule is COc1ccc(CC(=O)N2CCC(NC(=O)CCc3ccc(Cl)cc3)CC2)cc1. The number of ether oxygens (including phenoxy) is 1. The number of piperidine rings is 1. The van der Waals surface area contributed by atoms with Crippen LogP contribution in [0.5, 0.6) is 5.75 Å². The van der Waals surface area contributed by atoms with Crippen LogP contribution in [0.4, 0.5) is 0 Å². The van der Waals surface area contributed by atoms with Crippen molar-refractivity contribution in [2.45, 2.75) is 38.1 Å². The number of nitrogens with one attached hydrogen (secondary N) is 1. The fraction of sp³-hybridized carbons (Fsp3) is 0.391. The molecule has 2 aromatic rings. The molecule has 0 aromatic heterocycles. The first kappa shape index (κ1) is 21.2. The van der Waals surface area contributed by atoms with E-state index in [4.69, 9.17) is 16.3 Å². The maximum absolute atomic E-state index is 12.5. The maximum atomic E-state index is 12.5. The molecule has 1 N–H and O–H groups in total. The fourth-order valence-corrected chi connectivity index (χ4v) is 3.64. The van der Waals surface area contributed by atoms with Crippen LogP contribution in [0.25, 0.3) is 0 Å². The molecule has 29 heavy (non-hydrogen) atoms. The Morgan fingerprint density at radius 3 is 2.28 bits per heavy atom. The molecule has 1 aliphatic heterocycles.